The second-order valence-electron chi connectivity index (χ2n) is 4.11. The fourth-order valence-electron chi connectivity index (χ4n) is 1.47. The van der Waals surface area contributed by atoms with Gasteiger partial charge in [0.15, 0.2) is 9.84 Å². The van der Waals surface area contributed by atoms with Crippen molar-refractivity contribution in [2.24, 2.45) is 0 Å². The largest absolute Gasteiger partial charge is 0.228 e. The van der Waals surface area contributed by atoms with Gasteiger partial charge in [-0.3, -0.25) is 0 Å². The van der Waals surface area contributed by atoms with E-state index in [1.807, 2.05) is 30.3 Å². The van der Waals surface area contributed by atoms with Crippen molar-refractivity contribution in [2.75, 3.05) is 0 Å². The number of hydrogen-bond acceptors (Lipinski definition) is 3. The maximum Gasteiger partial charge on any atom is 0.157 e. The van der Waals surface area contributed by atoms with Crippen molar-refractivity contribution in [1.82, 2.24) is 0 Å². The van der Waals surface area contributed by atoms with E-state index in [0.29, 0.717) is 0 Å². The quantitative estimate of drug-likeness (QED) is 0.842. The first-order valence-electron chi connectivity index (χ1n) is 5.18. The average molecular weight is 254 g/mol. The van der Waals surface area contributed by atoms with Gasteiger partial charge in [0.05, 0.1) is 11.0 Å². The van der Waals surface area contributed by atoms with Crippen LogP contribution in [0.25, 0.3) is 10.1 Å². The van der Waals surface area contributed by atoms with E-state index >= 15 is 0 Å². The number of rotatable bonds is 3. The lowest BCUT2D eigenvalue weighted by Gasteiger charge is -2.04. The van der Waals surface area contributed by atoms with E-state index < -0.39 is 9.84 Å². The summed E-state index contributed by atoms with van der Waals surface area (Å²) in [7, 11) is -2.99. The molecule has 2 aromatic rings. The van der Waals surface area contributed by atoms with Crippen molar-refractivity contribution in [1.29, 1.82) is 0 Å². The Labute approximate surface area is 99.8 Å². The van der Waals surface area contributed by atoms with Crippen LogP contribution in [0.15, 0.2) is 30.3 Å². The zero-order valence-electron chi connectivity index (χ0n) is 9.30. The molecule has 1 heterocycles. The zero-order chi connectivity index (χ0) is 11.8. The second-order valence-corrected chi connectivity index (χ2v) is 7.83. The minimum absolute atomic E-state index is 0.157. The summed E-state index contributed by atoms with van der Waals surface area (Å²) in [4.78, 5) is 0.926. The van der Waals surface area contributed by atoms with Crippen molar-refractivity contribution >= 4 is 31.3 Å². The van der Waals surface area contributed by atoms with Gasteiger partial charge in [-0.2, -0.15) is 0 Å². The van der Waals surface area contributed by atoms with E-state index in [2.05, 4.69) is 0 Å². The number of hydrogen-bond donors (Lipinski definition) is 0. The predicted octanol–water partition coefficient (Wildman–Crippen LogP) is 3.22. The molecule has 2 nitrogen and oxygen atoms in total. The lowest BCUT2D eigenvalue weighted by atomic mass is 10.2. The third kappa shape index (κ3) is 2.28. The summed E-state index contributed by atoms with van der Waals surface area (Å²) in [6, 6.07) is 9.94. The lowest BCUT2D eigenvalue weighted by Crippen LogP contribution is -2.15. The van der Waals surface area contributed by atoms with Crippen molar-refractivity contribution < 1.29 is 8.42 Å². The summed E-state index contributed by atoms with van der Waals surface area (Å²) in [5.74, 6) is 0.157. The van der Waals surface area contributed by atoms with Gasteiger partial charge in [-0.05, 0) is 31.4 Å². The van der Waals surface area contributed by atoms with Crippen LogP contribution in [0, 0.1) is 0 Å². The SMILES string of the molecule is CC(C)S(=O)(=O)Cc1cc2ccccc2s1. The van der Waals surface area contributed by atoms with E-state index in [0.717, 1.165) is 15.0 Å². The summed E-state index contributed by atoms with van der Waals surface area (Å²) in [6.07, 6.45) is 0. The molecule has 1 aromatic heterocycles. The van der Waals surface area contributed by atoms with Crippen LogP contribution < -0.4 is 0 Å². The highest BCUT2D eigenvalue weighted by Crippen LogP contribution is 2.27. The predicted molar refractivity (Wildman–Crippen MR) is 69.6 cm³/mol. The van der Waals surface area contributed by atoms with E-state index in [-0.39, 0.29) is 11.0 Å². The summed E-state index contributed by atoms with van der Waals surface area (Å²) in [6.45, 7) is 3.45. The minimum Gasteiger partial charge on any atom is -0.228 e. The number of benzene rings is 1. The highest BCUT2D eigenvalue weighted by molar-refractivity contribution is 7.91. The highest BCUT2D eigenvalue weighted by Gasteiger charge is 2.17. The Balaban J connectivity index is 2.36. The fourth-order valence-corrected chi connectivity index (χ4v) is 3.87. The third-order valence-electron chi connectivity index (χ3n) is 2.54. The maximum atomic E-state index is 11.8. The molecule has 0 unspecified atom stereocenters. The van der Waals surface area contributed by atoms with Gasteiger partial charge in [0, 0.05) is 9.58 Å². The zero-order valence-corrected chi connectivity index (χ0v) is 10.9. The number of sulfone groups is 1. The van der Waals surface area contributed by atoms with Crippen LogP contribution in [0.1, 0.15) is 18.7 Å². The van der Waals surface area contributed by atoms with E-state index in [9.17, 15) is 8.42 Å². The van der Waals surface area contributed by atoms with Gasteiger partial charge >= 0.3 is 0 Å². The van der Waals surface area contributed by atoms with E-state index in [1.54, 1.807) is 25.2 Å². The fraction of sp³-hybridized carbons (Fsp3) is 0.333. The van der Waals surface area contributed by atoms with Crippen LogP contribution >= 0.6 is 11.3 Å². The Morgan fingerprint density at radius 1 is 1.25 bits per heavy atom. The van der Waals surface area contributed by atoms with Crippen molar-refractivity contribution in [3.8, 4) is 0 Å². The first kappa shape index (κ1) is 11.6. The highest BCUT2D eigenvalue weighted by atomic mass is 32.2. The third-order valence-corrected chi connectivity index (χ3v) is 5.99. The Kier molecular flexibility index (Phi) is 3.04. The Morgan fingerprint density at radius 2 is 1.94 bits per heavy atom. The molecule has 2 rings (SSSR count). The van der Waals surface area contributed by atoms with Crippen LogP contribution in [-0.2, 0) is 15.6 Å². The van der Waals surface area contributed by atoms with Gasteiger partial charge in [0.2, 0.25) is 0 Å². The Morgan fingerprint density at radius 3 is 2.56 bits per heavy atom. The van der Waals surface area contributed by atoms with Crippen LogP contribution in [-0.4, -0.2) is 13.7 Å². The molecule has 0 spiro atoms. The molecular formula is C12H14O2S2. The standard InChI is InChI=1S/C12H14O2S2/c1-9(2)16(13,14)8-11-7-10-5-3-4-6-12(10)15-11/h3-7,9H,8H2,1-2H3. The molecule has 0 fully saturated rings. The summed E-state index contributed by atoms with van der Waals surface area (Å²) in [5, 5.41) is 0.819. The second kappa shape index (κ2) is 4.18. The summed E-state index contributed by atoms with van der Waals surface area (Å²) >= 11 is 1.56. The normalized spacial score (nSPS) is 12.4. The van der Waals surface area contributed by atoms with Crippen LogP contribution in [0.5, 0.6) is 0 Å². The van der Waals surface area contributed by atoms with Gasteiger partial charge in [-0.25, -0.2) is 8.42 Å². The van der Waals surface area contributed by atoms with Crippen molar-refractivity contribution in [3.63, 3.8) is 0 Å². The minimum atomic E-state index is -2.99. The molecule has 0 aliphatic carbocycles. The molecule has 0 saturated carbocycles. The van der Waals surface area contributed by atoms with E-state index in [1.165, 1.54) is 0 Å². The van der Waals surface area contributed by atoms with Gasteiger partial charge in [-0.1, -0.05) is 18.2 Å². The van der Waals surface area contributed by atoms with Crippen LogP contribution in [0.4, 0.5) is 0 Å². The first-order valence-corrected chi connectivity index (χ1v) is 7.71. The molecule has 0 atom stereocenters. The lowest BCUT2D eigenvalue weighted by molar-refractivity contribution is 0.587. The molecule has 4 heteroatoms. The molecule has 0 bridgehead atoms. The van der Waals surface area contributed by atoms with Crippen LogP contribution in [0.2, 0.25) is 0 Å². The topological polar surface area (TPSA) is 34.1 Å². The molecule has 0 radical (unpaired) electrons. The monoisotopic (exact) mass is 254 g/mol. The average Bonchev–Trinajstić information content (AvgIpc) is 2.58. The number of fused-ring (bicyclic) bond motifs is 1. The van der Waals surface area contributed by atoms with Gasteiger partial charge in [0.1, 0.15) is 0 Å². The van der Waals surface area contributed by atoms with Gasteiger partial charge in [-0.15, -0.1) is 11.3 Å². The summed E-state index contributed by atoms with van der Waals surface area (Å²) in [5.41, 5.74) is 0. The molecule has 1 aromatic carbocycles. The maximum absolute atomic E-state index is 11.8. The van der Waals surface area contributed by atoms with Crippen LogP contribution in [0.3, 0.4) is 0 Å². The molecule has 0 amide bonds. The molecular weight excluding hydrogens is 240 g/mol. The van der Waals surface area contributed by atoms with Crippen molar-refractivity contribution in [2.45, 2.75) is 24.9 Å². The van der Waals surface area contributed by atoms with Gasteiger partial charge in [0.25, 0.3) is 0 Å². The molecule has 86 valence electrons. The Hall–Kier alpha value is -0.870. The van der Waals surface area contributed by atoms with Gasteiger partial charge < -0.3 is 0 Å². The molecule has 0 aliphatic heterocycles. The van der Waals surface area contributed by atoms with Crippen molar-refractivity contribution in [3.05, 3.63) is 35.2 Å². The summed E-state index contributed by atoms with van der Waals surface area (Å²) < 4.78 is 24.7. The number of thiophene rings is 1. The molecule has 0 N–H and O–H groups in total. The molecule has 0 saturated heterocycles. The first-order chi connectivity index (χ1) is 7.49. The Bertz CT molecular complexity index is 561. The smallest absolute Gasteiger partial charge is 0.157 e. The molecule has 0 aliphatic rings. The molecule has 16 heavy (non-hydrogen) atoms. The van der Waals surface area contributed by atoms with E-state index in [4.69, 9.17) is 0 Å².